The fraction of sp³-hybridized carbons (Fsp3) is 0.500. The number of carbonyl (C=O) groups is 2. The highest BCUT2D eigenvalue weighted by Gasteiger charge is 2.15. The van der Waals surface area contributed by atoms with Gasteiger partial charge < -0.3 is 20.1 Å². The number of carbonyl (C=O) groups excluding carboxylic acids is 2. The van der Waals surface area contributed by atoms with Crippen LogP contribution in [0.15, 0.2) is 24.3 Å². The highest BCUT2D eigenvalue weighted by atomic mass is 32.1. The predicted octanol–water partition coefficient (Wildman–Crippen LogP) is 1.86. The van der Waals surface area contributed by atoms with Crippen LogP contribution in [0.2, 0.25) is 0 Å². The fourth-order valence-corrected chi connectivity index (χ4v) is 2.25. The van der Waals surface area contributed by atoms with Crippen molar-refractivity contribution in [3.8, 4) is 0 Å². The largest absolute Gasteiger partial charge is 0.444 e. The number of benzene rings is 1. The number of alkyl carbamates (subject to hydrolysis) is 1. The quantitative estimate of drug-likeness (QED) is 0.430. The SMILES string of the molecule is COC[C@H](C)NC(=S)NNC(=O)c1ccc(CNC(=O)OC(C)(C)C)cc1. The van der Waals surface area contributed by atoms with Crippen molar-refractivity contribution in [3.05, 3.63) is 35.4 Å². The highest BCUT2D eigenvalue weighted by molar-refractivity contribution is 7.80. The Bertz CT molecular complexity index is 644. The first-order valence-electron chi connectivity index (χ1n) is 8.52. The first-order chi connectivity index (χ1) is 12.6. The summed E-state index contributed by atoms with van der Waals surface area (Å²) in [5, 5.41) is 5.93. The molecule has 0 saturated heterocycles. The molecule has 0 aliphatic carbocycles. The number of thiocarbonyl (C=S) groups is 1. The van der Waals surface area contributed by atoms with Crippen molar-refractivity contribution >= 4 is 29.3 Å². The van der Waals surface area contributed by atoms with E-state index in [4.69, 9.17) is 21.7 Å². The fourth-order valence-electron chi connectivity index (χ4n) is 2.00. The van der Waals surface area contributed by atoms with Gasteiger partial charge in [0, 0.05) is 25.3 Å². The lowest BCUT2D eigenvalue weighted by atomic mass is 10.1. The number of amides is 2. The van der Waals surface area contributed by atoms with E-state index >= 15 is 0 Å². The molecular weight excluding hydrogens is 368 g/mol. The Morgan fingerprint density at radius 2 is 1.78 bits per heavy atom. The molecule has 8 nitrogen and oxygen atoms in total. The minimum atomic E-state index is -0.546. The summed E-state index contributed by atoms with van der Waals surface area (Å²) in [6.07, 6.45) is -0.489. The Morgan fingerprint density at radius 3 is 2.33 bits per heavy atom. The maximum atomic E-state index is 12.1. The molecule has 9 heteroatoms. The molecule has 1 aromatic carbocycles. The summed E-state index contributed by atoms with van der Waals surface area (Å²) in [5.74, 6) is -0.329. The van der Waals surface area contributed by atoms with Crippen LogP contribution >= 0.6 is 12.2 Å². The van der Waals surface area contributed by atoms with Gasteiger partial charge in [-0.05, 0) is 57.6 Å². The van der Waals surface area contributed by atoms with E-state index < -0.39 is 11.7 Å². The molecule has 27 heavy (non-hydrogen) atoms. The molecule has 1 aromatic rings. The van der Waals surface area contributed by atoms with Crippen molar-refractivity contribution in [2.45, 2.75) is 45.9 Å². The second kappa shape index (κ2) is 10.7. The van der Waals surface area contributed by atoms with Crippen molar-refractivity contribution in [2.75, 3.05) is 13.7 Å². The molecule has 0 heterocycles. The smallest absolute Gasteiger partial charge is 0.407 e. The molecule has 0 spiro atoms. The average molecular weight is 397 g/mol. The molecular formula is C18H28N4O4S. The van der Waals surface area contributed by atoms with Crippen LogP contribution in [-0.2, 0) is 16.0 Å². The maximum absolute atomic E-state index is 12.1. The van der Waals surface area contributed by atoms with E-state index in [0.717, 1.165) is 5.56 Å². The Morgan fingerprint density at radius 1 is 1.15 bits per heavy atom. The van der Waals surface area contributed by atoms with Gasteiger partial charge in [0.2, 0.25) is 0 Å². The van der Waals surface area contributed by atoms with Crippen molar-refractivity contribution in [2.24, 2.45) is 0 Å². The van der Waals surface area contributed by atoms with E-state index in [9.17, 15) is 9.59 Å². The zero-order valence-electron chi connectivity index (χ0n) is 16.3. The number of nitrogens with one attached hydrogen (secondary N) is 4. The molecule has 1 atom stereocenters. The van der Waals surface area contributed by atoms with Crippen LogP contribution in [0.5, 0.6) is 0 Å². The maximum Gasteiger partial charge on any atom is 0.407 e. The van der Waals surface area contributed by atoms with Gasteiger partial charge >= 0.3 is 6.09 Å². The van der Waals surface area contributed by atoms with Crippen LogP contribution in [-0.4, -0.2) is 42.5 Å². The third-order valence-electron chi connectivity index (χ3n) is 3.14. The Hall–Kier alpha value is -2.39. The second-order valence-electron chi connectivity index (χ2n) is 6.96. The topological polar surface area (TPSA) is 101 Å². The summed E-state index contributed by atoms with van der Waals surface area (Å²) in [6, 6.07) is 6.84. The summed E-state index contributed by atoms with van der Waals surface area (Å²) >= 11 is 5.09. The van der Waals surface area contributed by atoms with Crippen LogP contribution in [0.3, 0.4) is 0 Å². The Balaban J connectivity index is 2.43. The number of hydrogen-bond acceptors (Lipinski definition) is 5. The van der Waals surface area contributed by atoms with Gasteiger partial charge in [0.15, 0.2) is 5.11 Å². The predicted molar refractivity (Wildman–Crippen MR) is 107 cm³/mol. The molecule has 0 saturated carbocycles. The minimum absolute atomic E-state index is 0.0173. The van der Waals surface area contributed by atoms with Gasteiger partial charge in [-0.1, -0.05) is 12.1 Å². The van der Waals surface area contributed by atoms with Gasteiger partial charge in [-0.25, -0.2) is 4.79 Å². The Labute approximate surface area is 165 Å². The van der Waals surface area contributed by atoms with Crippen LogP contribution in [0.25, 0.3) is 0 Å². The third-order valence-corrected chi connectivity index (χ3v) is 3.36. The lowest BCUT2D eigenvalue weighted by Crippen LogP contribution is -2.49. The standard InChI is InChI=1S/C18H28N4O4S/c1-12(11-25-5)20-16(27)22-21-15(23)14-8-6-13(7-9-14)10-19-17(24)26-18(2,3)4/h6-9,12H,10-11H2,1-5H3,(H,19,24)(H,21,23)(H2,20,22,27)/t12-/m0/s1. The van der Waals surface area contributed by atoms with Gasteiger partial charge in [0.25, 0.3) is 5.91 Å². The van der Waals surface area contributed by atoms with Gasteiger partial charge in [0.05, 0.1) is 6.61 Å². The normalized spacial score (nSPS) is 11.9. The first kappa shape index (κ1) is 22.7. The molecule has 150 valence electrons. The summed E-state index contributed by atoms with van der Waals surface area (Å²) in [6.45, 7) is 8.10. The van der Waals surface area contributed by atoms with Gasteiger partial charge in [-0.15, -0.1) is 0 Å². The van der Waals surface area contributed by atoms with Crippen molar-refractivity contribution in [1.82, 2.24) is 21.5 Å². The number of hydrazine groups is 1. The average Bonchev–Trinajstić information content (AvgIpc) is 2.57. The zero-order chi connectivity index (χ0) is 20.4. The second-order valence-corrected chi connectivity index (χ2v) is 7.37. The van der Waals surface area contributed by atoms with E-state index in [1.807, 2.05) is 6.92 Å². The van der Waals surface area contributed by atoms with Crippen LogP contribution in [0.4, 0.5) is 4.79 Å². The summed E-state index contributed by atoms with van der Waals surface area (Å²) in [4.78, 5) is 23.8. The van der Waals surface area contributed by atoms with Crippen LogP contribution in [0, 0.1) is 0 Å². The summed E-state index contributed by atoms with van der Waals surface area (Å²) < 4.78 is 10.2. The number of ether oxygens (including phenoxy) is 2. The van der Waals surface area contributed by atoms with Crippen molar-refractivity contribution in [1.29, 1.82) is 0 Å². The van der Waals surface area contributed by atoms with Crippen LogP contribution < -0.4 is 21.5 Å². The van der Waals surface area contributed by atoms with Crippen molar-refractivity contribution in [3.63, 3.8) is 0 Å². The molecule has 0 unspecified atom stereocenters. The van der Waals surface area contributed by atoms with Crippen molar-refractivity contribution < 1.29 is 19.1 Å². The molecule has 0 aromatic heterocycles. The number of rotatable bonds is 6. The third kappa shape index (κ3) is 9.76. The van der Waals surface area contributed by atoms with E-state index in [1.54, 1.807) is 52.1 Å². The number of methoxy groups -OCH3 is 1. The lowest BCUT2D eigenvalue weighted by molar-refractivity contribution is 0.0523. The molecule has 0 fully saturated rings. The molecule has 0 aliphatic heterocycles. The van der Waals surface area contributed by atoms with Gasteiger partial charge in [-0.3, -0.25) is 15.6 Å². The summed E-state index contributed by atoms with van der Waals surface area (Å²) in [7, 11) is 1.60. The molecule has 1 rings (SSSR count). The van der Waals surface area contributed by atoms with E-state index in [2.05, 4.69) is 21.5 Å². The summed E-state index contributed by atoms with van der Waals surface area (Å²) in [5.41, 5.74) is 5.91. The zero-order valence-corrected chi connectivity index (χ0v) is 17.2. The number of hydrogen-bond donors (Lipinski definition) is 4. The first-order valence-corrected chi connectivity index (χ1v) is 8.93. The molecule has 2 amide bonds. The van der Waals surface area contributed by atoms with Gasteiger partial charge in [-0.2, -0.15) is 0 Å². The molecule has 4 N–H and O–H groups in total. The van der Waals surface area contributed by atoms with Gasteiger partial charge in [0.1, 0.15) is 5.60 Å². The van der Waals surface area contributed by atoms with Crippen LogP contribution in [0.1, 0.15) is 43.6 Å². The monoisotopic (exact) mass is 396 g/mol. The molecule has 0 aliphatic rings. The van der Waals surface area contributed by atoms with E-state index in [1.165, 1.54) is 0 Å². The lowest BCUT2D eigenvalue weighted by Gasteiger charge is -2.19. The Kier molecular flexibility index (Phi) is 8.96. The van der Waals surface area contributed by atoms with E-state index in [-0.39, 0.29) is 11.9 Å². The molecule has 0 bridgehead atoms. The molecule has 0 radical (unpaired) electrons. The minimum Gasteiger partial charge on any atom is -0.444 e. The highest BCUT2D eigenvalue weighted by Crippen LogP contribution is 2.08. The van der Waals surface area contributed by atoms with E-state index in [0.29, 0.717) is 23.8 Å².